The van der Waals surface area contributed by atoms with E-state index in [1.807, 2.05) is 4.72 Å². The summed E-state index contributed by atoms with van der Waals surface area (Å²) in [5, 5.41) is 9.81. The molecule has 6 nitrogen and oxygen atoms in total. The number of aryl methyl sites for hydroxylation is 1. The third-order valence-corrected chi connectivity index (χ3v) is 6.25. The van der Waals surface area contributed by atoms with Gasteiger partial charge in [0.15, 0.2) is 0 Å². The molecule has 10 heteroatoms. The summed E-state index contributed by atoms with van der Waals surface area (Å²) in [7, 11) is -4.63. The Kier molecular flexibility index (Phi) is 8.54. The SMILES string of the molecule is CCOC(=O)CCCCCc1c(C)ccc(S(=O)(=O)Nc2ccccc2O)c1C(F)(F)F. The van der Waals surface area contributed by atoms with Gasteiger partial charge in [-0.05, 0) is 62.4 Å². The summed E-state index contributed by atoms with van der Waals surface area (Å²) in [4.78, 5) is 10.5. The normalized spacial score (nSPS) is 11.9. The van der Waals surface area contributed by atoms with Crippen molar-refractivity contribution < 1.29 is 36.2 Å². The van der Waals surface area contributed by atoms with Crippen LogP contribution in [-0.2, 0) is 32.2 Å². The third-order valence-electron chi connectivity index (χ3n) is 4.84. The number of unbranched alkanes of at least 4 members (excludes halogenated alkanes) is 2. The number of hydrogen-bond acceptors (Lipinski definition) is 5. The van der Waals surface area contributed by atoms with E-state index in [-0.39, 0.29) is 36.7 Å². The van der Waals surface area contributed by atoms with Crippen LogP contribution in [0.5, 0.6) is 5.75 Å². The summed E-state index contributed by atoms with van der Waals surface area (Å²) in [6.07, 6.45) is -3.43. The molecule has 0 aliphatic heterocycles. The van der Waals surface area contributed by atoms with Crippen LogP contribution in [0.1, 0.15) is 49.3 Å². The number of phenolic OH excluding ortho intramolecular Hbond substituents is 1. The van der Waals surface area contributed by atoms with Crippen molar-refractivity contribution in [1.82, 2.24) is 0 Å². The van der Waals surface area contributed by atoms with Crippen LogP contribution in [0.3, 0.4) is 0 Å². The fourth-order valence-electron chi connectivity index (χ4n) is 3.33. The Labute approximate surface area is 185 Å². The van der Waals surface area contributed by atoms with E-state index in [9.17, 15) is 31.5 Å². The number of carbonyl (C=O) groups excluding carboxylic acids is 1. The van der Waals surface area contributed by atoms with Crippen LogP contribution in [0, 0.1) is 6.92 Å². The molecular formula is C22H26F3NO5S. The van der Waals surface area contributed by atoms with Crippen molar-refractivity contribution in [2.75, 3.05) is 11.3 Å². The first-order chi connectivity index (χ1) is 15.0. The number of sulfonamides is 1. The molecule has 0 bridgehead atoms. The molecule has 2 aromatic rings. The van der Waals surface area contributed by atoms with Gasteiger partial charge in [0.25, 0.3) is 10.0 Å². The summed E-state index contributed by atoms with van der Waals surface area (Å²) in [6, 6.07) is 7.63. The molecule has 0 spiro atoms. The van der Waals surface area contributed by atoms with Gasteiger partial charge in [0.2, 0.25) is 0 Å². The Morgan fingerprint density at radius 3 is 2.41 bits per heavy atom. The van der Waals surface area contributed by atoms with Gasteiger partial charge in [-0.2, -0.15) is 13.2 Å². The first-order valence-electron chi connectivity index (χ1n) is 10.1. The Morgan fingerprint density at radius 1 is 1.09 bits per heavy atom. The molecule has 0 heterocycles. The van der Waals surface area contributed by atoms with E-state index in [1.54, 1.807) is 6.92 Å². The molecule has 0 saturated carbocycles. The second kappa shape index (κ2) is 10.7. The second-order valence-corrected chi connectivity index (χ2v) is 8.87. The Hall–Kier alpha value is -2.75. The average molecular weight is 474 g/mol. The lowest BCUT2D eigenvalue weighted by atomic mass is 9.96. The molecule has 2 aromatic carbocycles. The molecule has 0 saturated heterocycles. The van der Waals surface area contributed by atoms with Gasteiger partial charge < -0.3 is 9.84 Å². The summed E-state index contributed by atoms with van der Waals surface area (Å²) >= 11 is 0. The van der Waals surface area contributed by atoms with Crippen LogP contribution in [0.15, 0.2) is 41.3 Å². The van der Waals surface area contributed by atoms with Gasteiger partial charge in [0.1, 0.15) is 5.75 Å². The molecule has 2 N–H and O–H groups in total. The highest BCUT2D eigenvalue weighted by atomic mass is 32.2. The Morgan fingerprint density at radius 2 is 1.78 bits per heavy atom. The van der Waals surface area contributed by atoms with E-state index < -0.39 is 32.4 Å². The molecule has 176 valence electrons. The predicted molar refractivity (Wildman–Crippen MR) is 114 cm³/mol. The van der Waals surface area contributed by atoms with Crippen molar-refractivity contribution in [3.63, 3.8) is 0 Å². The third kappa shape index (κ3) is 6.62. The van der Waals surface area contributed by atoms with Gasteiger partial charge in [-0.15, -0.1) is 0 Å². The van der Waals surface area contributed by atoms with Crippen molar-refractivity contribution in [3.8, 4) is 5.75 Å². The first-order valence-corrected chi connectivity index (χ1v) is 11.6. The van der Waals surface area contributed by atoms with Crippen molar-refractivity contribution in [1.29, 1.82) is 0 Å². The van der Waals surface area contributed by atoms with Crippen LogP contribution in [0.25, 0.3) is 0 Å². The largest absolute Gasteiger partial charge is 0.506 e. The zero-order valence-electron chi connectivity index (χ0n) is 17.8. The lowest BCUT2D eigenvalue weighted by molar-refractivity contribution is -0.143. The van der Waals surface area contributed by atoms with E-state index in [0.29, 0.717) is 24.8 Å². The number of ether oxygens (including phenoxy) is 1. The number of para-hydroxylation sites is 2. The van der Waals surface area contributed by atoms with E-state index in [1.165, 1.54) is 37.3 Å². The van der Waals surface area contributed by atoms with Crippen LogP contribution < -0.4 is 4.72 Å². The molecule has 0 aliphatic carbocycles. The zero-order valence-corrected chi connectivity index (χ0v) is 18.6. The van der Waals surface area contributed by atoms with Crippen LogP contribution >= 0.6 is 0 Å². The highest BCUT2D eigenvalue weighted by molar-refractivity contribution is 7.92. The van der Waals surface area contributed by atoms with E-state index in [2.05, 4.69) is 0 Å². The number of esters is 1. The maximum Gasteiger partial charge on any atom is 0.418 e. The fourth-order valence-corrected chi connectivity index (χ4v) is 4.66. The van der Waals surface area contributed by atoms with Gasteiger partial charge >= 0.3 is 12.1 Å². The van der Waals surface area contributed by atoms with Crippen molar-refractivity contribution in [3.05, 3.63) is 53.1 Å². The van der Waals surface area contributed by atoms with Crippen LogP contribution in [-0.4, -0.2) is 26.1 Å². The maximum atomic E-state index is 14.0. The number of aromatic hydroxyl groups is 1. The summed E-state index contributed by atoms with van der Waals surface area (Å²) < 4.78 is 74.5. The lowest BCUT2D eigenvalue weighted by Crippen LogP contribution is -2.21. The molecular weight excluding hydrogens is 447 g/mol. The number of benzene rings is 2. The van der Waals surface area contributed by atoms with Gasteiger partial charge in [-0.25, -0.2) is 8.42 Å². The summed E-state index contributed by atoms with van der Waals surface area (Å²) in [6.45, 7) is 3.45. The lowest BCUT2D eigenvalue weighted by Gasteiger charge is -2.20. The van der Waals surface area contributed by atoms with Crippen LogP contribution in [0.4, 0.5) is 18.9 Å². The van der Waals surface area contributed by atoms with Gasteiger partial charge in [0.05, 0.1) is 22.8 Å². The second-order valence-electron chi connectivity index (χ2n) is 7.22. The average Bonchev–Trinajstić information content (AvgIpc) is 2.69. The molecule has 0 atom stereocenters. The van der Waals surface area contributed by atoms with E-state index in [0.717, 1.165) is 6.07 Å². The number of rotatable bonds is 10. The Balaban J connectivity index is 2.31. The van der Waals surface area contributed by atoms with Gasteiger partial charge in [0, 0.05) is 6.42 Å². The predicted octanol–water partition coefficient (Wildman–Crippen LogP) is 5.19. The minimum atomic E-state index is -4.91. The number of carbonyl (C=O) groups is 1. The highest BCUT2D eigenvalue weighted by Crippen LogP contribution is 2.39. The molecule has 2 rings (SSSR count). The maximum absolute atomic E-state index is 14.0. The van der Waals surface area contributed by atoms with E-state index >= 15 is 0 Å². The molecule has 32 heavy (non-hydrogen) atoms. The van der Waals surface area contributed by atoms with Crippen LogP contribution in [0.2, 0.25) is 0 Å². The monoisotopic (exact) mass is 473 g/mol. The van der Waals surface area contributed by atoms with Crippen molar-refractivity contribution in [2.24, 2.45) is 0 Å². The molecule has 0 aromatic heterocycles. The zero-order chi connectivity index (χ0) is 23.9. The molecule has 0 unspecified atom stereocenters. The van der Waals surface area contributed by atoms with Gasteiger partial charge in [-0.3, -0.25) is 9.52 Å². The molecule has 0 fully saturated rings. The smallest absolute Gasteiger partial charge is 0.418 e. The summed E-state index contributed by atoms with van der Waals surface area (Å²) in [5.41, 5.74) is -1.22. The standard InChI is InChI=1S/C22H26F3NO5S/c1-3-31-20(28)12-6-4-5-9-16-15(2)13-14-19(21(16)22(23,24)25)32(29,30)26-17-10-7-8-11-18(17)27/h7-8,10-11,13-14,26-27H,3-6,9,12H2,1-2H3. The number of phenols is 1. The minimum Gasteiger partial charge on any atom is -0.506 e. The highest BCUT2D eigenvalue weighted by Gasteiger charge is 2.40. The molecule has 0 amide bonds. The van der Waals surface area contributed by atoms with E-state index in [4.69, 9.17) is 4.74 Å². The quantitative estimate of drug-likeness (QED) is 0.282. The van der Waals surface area contributed by atoms with Crippen molar-refractivity contribution >= 4 is 21.7 Å². The number of hydrogen-bond donors (Lipinski definition) is 2. The number of alkyl halides is 3. The topological polar surface area (TPSA) is 92.7 Å². The molecule has 0 aliphatic rings. The molecule has 0 radical (unpaired) electrons. The van der Waals surface area contributed by atoms with Crippen molar-refractivity contribution in [2.45, 2.75) is 57.0 Å². The number of halogens is 3. The fraction of sp³-hybridized carbons (Fsp3) is 0.409. The first kappa shape index (κ1) is 25.5. The van der Waals surface area contributed by atoms with Gasteiger partial charge in [-0.1, -0.05) is 24.6 Å². The Bertz CT molecular complexity index is 1050. The minimum absolute atomic E-state index is 0.00342. The number of nitrogens with one attached hydrogen (secondary N) is 1. The number of anilines is 1. The summed E-state index contributed by atoms with van der Waals surface area (Å²) in [5.74, 6) is -0.762.